The Bertz CT molecular complexity index is 632. The number of likely N-dealkylation sites (tertiary alicyclic amines) is 1. The van der Waals surface area contributed by atoms with Crippen LogP contribution in [0.2, 0.25) is 0 Å². The molecule has 0 unspecified atom stereocenters. The minimum absolute atomic E-state index is 0.252. The van der Waals surface area contributed by atoms with Gasteiger partial charge in [0.25, 0.3) is 0 Å². The Morgan fingerprint density at radius 1 is 1.11 bits per heavy atom. The normalized spacial score (nSPS) is 34.0. The van der Waals surface area contributed by atoms with Crippen LogP contribution in [-0.4, -0.2) is 48.5 Å². The monoisotopic (exact) mass is 385 g/mol. The van der Waals surface area contributed by atoms with Crippen molar-refractivity contribution in [1.29, 1.82) is 0 Å². The van der Waals surface area contributed by atoms with E-state index in [1.165, 1.54) is 44.1 Å². The summed E-state index contributed by atoms with van der Waals surface area (Å²) in [4.78, 5) is 2.43. The lowest BCUT2D eigenvalue weighted by Gasteiger charge is -2.43. The first kappa shape index (κ1) is 20.4. The van der Waals surface area contributed by atoms with Gasteiger partial charge in [-0.05, 0) is 79.8 Å². The summed E-state index contributed by atoms with van der Waals surface area (Å²) in [6, 6.07) is 10.8. The Morgan fingerprint density at radius 2 is 1.82 bits per heavy atom. The smallest absolute Gasteiger partial charge is 0.0900 e. The highest BCUT2D eigenvalue weighted by Crippen LogP contribution is 2.63. The van der Waals surface area contributed by atoms with Crippen molar-refractivity contribution in [2.75, 3.05) is 26.2 Å². The highest BCUT2D eigenvalue weighted by atomic mass is 16.5. The molecule has 0 amide bonds. The fourth-order valence-corrected chi connectivity index (χ4v) is 6.55. The van der Waals surface area contributed by atoms with Crippen molar-refractivity contribution < 1.29 is 9.84 Å². The van der Waals surface area contributed by atoms with Gasteiger partial charge in [-0.15, -0.1) is 0 Å². The standard InChI is InChI=1S/C25H39NO2/c1-24(2)21-9-12-25(3,16-21)23(24)28-18-22(27)17-26-13-10-20(11-14-26)15-19-7-5-4-6-8-19/h4-8,20-23,27H,9-18H2,1-3H3/t21-,22-,23-,25+/m1/s1. The van der Waals surface area contributed by atoms with Crippen LogP contribution in [0.3, 0.4) is 0 Å². The molecule has 1 aromatic carbocycles. The first-order valence-electron chi connectivity index (χ1n) is 11.4. The number of β-amino-alcohol motifs (C(OH)–C–C–N with tert-alkyl or cyclic N) is 1. The van der Waals surface area contributed by atoms with Crippen molar-refractivity contribution in [3.8, 4) is 0 Å². The first-order valence-corrected chi connectivity index (χ1v) is 11.4. The van der Waals surface area contributed by atoms with Gasteiger partial charge in [0.2, 0.25) is 0 Å². The number of hydrogen-bond donors (Lipinski definition) is 1. The quantitative estimate of drug-likeness (QED) is 0.748. The molecular formula is C25H39NO2. The van der Waals surface area contributed by atoms with Crippen molar-refractivity contribution in [2.45, 2.75) is 71.5 Å². The summed E-state index contributed by atoms with van der Waals surface area (Å²) in [5.74, 6) is 1.57. The van der Waals surface area contributed by atoms with Gasteiger partial charge in [0, 0.05) is 6.54 Å². The predicted octanol–water partition coefficient (Wildman–Crippen LogP) is 4.53. The topological polar surface area (TPSA) is 32.7 Å². The van der Waals surface area contributed by atoms with Gasteiger partial charge in [-0.1, -0.05) is 51.1 Å². The first-order chi connectivity index (χ1) is 13.4. The Labute approximate surface area is 171 Å². The number of ether oxygens (including phenoxy) is 1. The van der Waals surface area contributed by atoms with Crippen LogP contribution in [0, 0.1) is 22.7 Å². The van der Waals surface area contributed by atoms with Gasteiger partial charge < -0.3 is 14.7 Å². The molecule has 3 nitrogen and oxygen atoms in total. The Balaban J connectivity index is 1.20. The lowest BCUT2D eigenvalue weighted by atomic mass is 9.70. The summed E-state index contributed by atoms with van der Waals surface area (Å²) in [6.45, 7) is 10.6. The average molecular weight is 386 g/mol. The van der Waals surface area contributed by atoms with Crippen LogP contribution < -0.4 is 0 Å². The van der Waals surface area contributed by atoms with Crippen LogP contribution in [0.15, 0.2) is 30.3 Å². The summed E-state index contributed by atoms with van der Waals surface area (Å²) < 4.78 is 6.38. The maximum absolute atomic E-state index is 10.6. The zero-order valence-corrected chi connectivity index (χ0v) is 18.1. The van der Waals surface area contributed by atoms with E-state index in [0.29, 0.717) is 18.1 Å². The van der Waals surface area contributed by atoms with E-state index < -0.39 is 0 Å². The van der Waals surface area contributed by atoms with Gasteiger partial charge in [-0.25, -0.2) is 0 Å². The molecule has 0 spiro atoms. The van der Waals surface area contributed by atoms with Crippen molar-refractivity contribution in [1.82, 2.24) is 4.90 Å². The van der Waals surface area contributed by atoms with Gasteiger partial charge >= 0.3 is 0 Å². The molecule has 1 saturated heterocycles. The lowest BCUT2D eigenvalue weighted by Crippen LogP contribution is -2.45. The third-order valence-electron chi connectivity index (χ3n) is 8.14. The van der Waals surface area contributed by atoms with Crippen molar-refractivity contribution in [3.05, 3.63) is 35.9 Å². The number of fused-ring (bicyclic) bond motifs is 2. The molecule has 0 radical (unpaired) electrons. The minimum atomic E-state index is -0.371. The summed E-state index contributed by atoms with van der Waals surface area (Å²) in [5, 5.41) is 10.6. The molecule has 1 heterocycles. The summed E-state index contributed by atoms with van der Waals surface area (Å²) >= 11 is 0. The number of aliphatic hydroxyl groups excluding tert-OH is 1. The number of benzene rings is 1. The molecule has 3 heteroatoms. The number of rotatable bonds is 7. The Hall–Kier alpha value is -0.900. The molecule has 2 aliphatic carbocycles. The molecule has 3 fully saturated rings. The molecule has 2 bridgehead atoms. The molecule has 28 heavy (non-hydrogen) atoms. The van der Waals surface area contributed by atoms with Crippen molar-refractivity contribution >= 4 is 0 Å². The van der Waals surface area contributed by atoms with Gasteiger partial charge in [-0.2, -0.15) is 0 Å². The number of piperidine rings is 1. The molecule has 1 aromatic rings. The third kappa shape index (κ3) is 4.17. The fraction of sp³-hybridized carbons (Fsp3) is 0.760. The van der Waals surface area contributed by atoms with E-state index in [-0.39, 0.29) is 11.5 Å². The summed E-state index contributed by atoms with van der Waals surface area (Å²) in [6.07, 6.45) is 7.53. The molecule has 4 atom stereocenters. The Kier molecular flexibility index (Phi) is 5.88. The maximum Gasteiger partial charge on any atom is 0.0900 e. The van der Waals surface area contributed by atoms with Crippen LogP contribution in [0.4, 0.5) is 0 Å². The van der Waals surface area contributed by atoms with Gasteiger partial charge in [-0.3, -0.25) is 0 Å². The van der Waals surface area contributed by atoms with E-state index in [2.05, 4.69) is 56.0 Å². The van der Waals surface area contributed by atoms with Crippen LogP contribution >= 0.6 is 0 Å². The second-order valence-corrected chi connectivity index (χ2v) is 10.7. The van der Waals surface area contributed by atoms with Gasteiger partial charge in [0.05, 0.1) is 18.8 Å². The van der Waals surface area contributed by atoms with Crippen molar-refractivity contribution in [2.24, 2.45) is 22.7 Å². The van der Waals surface area contributed by atoms with Gasteiger partial charge in [0.1, 0.15) is 0 Å². The second-order valence-electron chi connectivity index (χ2n) is 10.7. The predicted molar refractivity (Wildman–Crippen MR) is 114 cm³/mol. The highest BCUT2D eigenvalue weighted by Gasteiger charge is 2.60. The SMILES string of the molecule is CC1(C)[C@@H]2CC[C@@](C)(C2)[C@@H]1OC[C@H](O)CN1CCC(Cc2ccccc2)CC1. The van der Waals surface area contributed by atoms with Crippen LogP contribution in [0.5, 0.6) is 0 Å². The van der Waals surface area contributed by atoms with E-state index in [1.54, 1.807) is 0 Å². The average Bonchev–Trinajstić information content (AvgIpc) is 3.15. The molecule has 3 aliphatic rings. The zero-order chi connectivity index (χ0) is 19.8. The van der Waals surface area contributed by atoms with E-state index in [1.807, 2.05) is 0 Å². The lowest BCUT2D eigenvalue weighted by molar-refractivity contribution is -0.114. The summed E-state index contributed by atoms with van der Waals surface area (Å²) in [7, 11) is 0. The van der Waals surface area contributed by atoms with Crippen LogP contribution in [0.25, 0.3) is 0 Å². The second kappa shape index (κ2) is 8.08. The molecule has 4 rings (SSSR count). The molecule has 1 N–H and O–H groups in total. The van der Waals surface area contributed by atoms with E-state index in [9.17, 15) is 5.11 Å². The number of hydrogen-bond acceptors (Lipinski definition) is 3. The van der Waals surface area contributed by atoms with Gasteiger partial charge in [0.15, 0.2) is 0 Å². The maximum atomic E-state index is 10.6. The molecule has 156 valence electrons. The fourth-order valence-electron chi connectivity index (χ4n) is 6.55. The van der Waals surface area contributed by atoms with Crippen LogP contribution in [0.1, 0.15) is 58.4 Å². The third-order valence-corrected chi connectivity index (χ3v) is 8.14. The largest absolute Gasteiger partial charge is 0.389 e. The minimum Gasteiger partial charge on any atom is -0.389 e. The molecule has 0 aromatic heterocycles. The molecular weight excluding hydrogens is 346 g/mol. The highest BCUT2D eigenvalue weighted by molar-refractivity contribution is 5.15. The number of nitrogens with zero attached hydrogens (tertiary/aromatic N) is 1. The van der Waals surface area contributed by atoms with Crippen molar-refractivity contribution in [3.63, 3.8) is 0 Å². The van der Waals surface area contributed by atoms with E-state index in [0.717, 1.165) is 31.5 Å². The zero-order valence-electron chi connectivity index (χ0n) is 18.1. The van der Waals surface area contributed by atoms with Crippen LogP contribution in [-0.2, 0) is 11.2 Å². The van der Waals surface area contributed by atoms with E-state index in [4.69, 9.17) is 4.74 Å². The molecule has 2 saturated carbocycles. The Morgan fingerprint density at radius 3 is 2.46 bits per heavy atom. The molecule has 1 aliphatic heterocycles. The number of aliphatic hydroxyl groups is 1. The van der Waals surface area contributed by atoms with E-state index >= 15 is 0 Å². The summed E-state index contributed by atoms with van der Waals surface area (Å²) in [5.41, 5.74) is 2.03.